The molecule has 0 saturated carbocycles. The number of piperidine rings is 1. The number of alkyl halides is 2. The van der Waals surface area contributed by atoms with Crippen LogP contribution in [0.1, 0.15) is 18.9 Å². The summed E-state index contributed by atoms with van der Waals surface area (Å²) in [7, 11) is 0. The zero-order chi connectivity index (χ0) is 16.3. The maximum Gasteiger partial charge on any atom is 0.387 e. The van der Waals surface area contributed by atoms with Crippen LogP contribution >= 0.6 is 0 Å². The lowest BCUT2D eigenvalue weighted by Gasteiger charge is -2.34. The van der Waals surface area contributed by atoms with Crippen LogP contribution in [0.2, 0.25) is 0 Å². The van der Waals surface area contributed by atoms with E-state index in [1.807, 2.05) is 6.92 Å². The molecule has 22 heavy (non-hydrogen) atoms. The highest BCUT2D eigenvalue weighted by Crippen LogP contribution is 2.25. The summed E-state index contributed by atoms with van der Waals surface area (Å²) in [6.07, 6.45) is 0.178. The number of carbonyl (C=O) groups excluding carboxylic acids is 1. The number of amides is 2. The Morgan fingerprint density at radius 2 is 2.23 bits per heavy atom. The third-order valence-corrected chi connectivity index (χ3v) is 3.86. The molecule has 0 bridgehead atoms. The Morgan fingerprint density at radius 1 is 1.50 bits per heavy atom. The number of aliphatic hydroxyl groups excluding tert-OH is 1. The highest BCUT2D eigenvalue weighted by atomic mass is 19.3. The molecule has 1 aliphatic heterocycles. The topological polar surface area (TPSA) is 61.8 Å². The Hall–Kier alpha value is -1.89. The van der Waals surface area contributed by atoms with Crippen molar-refractivity contribution >= 4 is 11.7 Å². The Balaban J connectivity index is 2.02. The molecule has 0 spiro atoms. The highest BCUT2D eigenvalue weighted by Gasteiger charge is 2.27. The molecule has 0 aliphatic carbocycles. The smallest absolute Gasteiger partial charge is 0.387 e. The number of hydrogen-bond donors (Lipinski definition) is 2. The molecule has 2 amide bonds. The Bertz CT molecular complexity index is 540. The molecule has 1 aliphatic rings. The van der Waals surface area contributed by atoms with Gasteiger partial charge in [-0.05, 0) is 30.9 Å². The molecule has 1 heterocycles. The van der Waals surface area contributed by atoms with E-state index in [9.17, 15) is 18.7 Å². The molecule has 1 fully saturated rings. The van der Waals surface area contributed by atoms with E-state index < -0.39 is 12.7 Å². The van der Waals surface area contributed by atoms with Gasteiger partial charge in [0.15, 0.2) is 0 Å². The lowest BCUT2D eigenvalue weighted by molar-refractivity contribution is -0.0502. The van der Waals surface area contributed by atoms with Gasteiger partial charge in [-0.2, -0.15) is 8.78 Å². The van der Waals surface area contributed by atoms with E-state index in [0.717, 1.165) is 6.42 Å². The van der Waals surface area contributed by atoms with Crippen LogP contribution < -0.4 is 10.1 Å². The summed E-state index contributed by atoms with van der Waals surface area (Å²) in [4.78, 5) is 13.7. The van der Waals surface area contributed by atoms with Gasteiger partial charge in [-0.15, -0.1) is 0 Å². The van der Waals surface area contributed by atoms with Gasteiger partial charge in [0.2, 0.25) is 0 Å². The normalized spacial score (nSPS) is 21.8. The number of aliphatic hydroxyl groups is 1. The second kappa shape index (κ2) is 6.91. The van der Waals surface area contributed by atoms with E-state index >= 15 is 0 Å². The number of carbonyl (C=O) groups is 1. The average Bonchev–Trinajstić information content (AvgIpc) is 2.45. The number of nitrogens with zero attached hydrogens (tertiary/aromatic N) is 1. The number of anilines is 1. The summed E-state index contributed by atoms with van der Waals surface area (Å²) in [6, 6.07) is 4.22. The molecule has 2 rings (SSSR count). The first-order valence-corrected chi connectivity index (χ1v) is 7.16. The summed E-state index contributed by atoms with van der Waals surface area (Å²) in [5.74, 6) is 0.189. The number of benzene rings is 1. The molecular weight excluding hydrogens is 294 g/mol. The molecule has 2 atom stereocenters. The zero-order valence-electron chi connectivity index (χ0n) is 12.6. The molecule has 2 N–H and O–H groups in total. The second-order valence-corrected chi connectivity index (χ2v) is 5.57. The SMILES string of the molecule is Cc1ccc(NC(=O)N2CCC(C)C(O)C2)cc1OC(F)F. The average molecular weight is 314 g/mol. The van der Waals surface area contributed by atoms with Crippen LogP contribution in [-0.2, 0) is 0 Å². The van der Waals surface area contributed by atoms with Crippen LogP contribution in [0.25, 0.3) is 0 Å². The van der Waals surface area contributed by atoms with Gasteiger partial charge in [-0.1, -0.05) is 13.0 Å². The van der Waals surface area contributed by atoms with Crippen LogP contribution in [0.5, 0.6) is 5.75 Å². The molecule has 0 aromatic heterocycles. The first-order valence-electron chi connectivity index (χ1n) is 7.16. The van der Waals surface area contributed by atoms with Crippen LogP contribution in [-0.4, -0.2) is 41.8 Å². The summed E-state index contributed by atoms with van der Waals surface area (Å²) in [5, 5.41) is 12.5. The number of likely N-dealkylation sites (tertiary alicyclic amines) is 1. The molecule has 5 nitrogen and oxygen atoms in total. The number of aryl methyl sites for hydroxylation is 1. The number of halogens is 2. The van der Waals surface area contributed by atoms with E-state index in [-0.39, 0.29) is 24.2 Å². The molecule has 0 radical (unpaired) electrons. The number of ether oxygens (including phenoxy) is 1. The summed E-state index contributed by atoms with van der Waals surface area (Å²) in [5.41, 5.74) is 0.930. The number of nitrogens with one attached hydrogen (secondary N) is 1. The maximum absolute atomic E-state index is 12.3. The van der Waals surface area contributed by atoms with Crippen LogP contribution in [0.15, 0.2) is 18.2 Å². The molecule has 1 aromatic rings. The first-order chi connectivity index (χ1) is 10.4. The monoisotopic (exact) mass is 314 g/mol. The lowest BCUT2D eigenvalue weighted by Crippen LogP contribution is -2.47. The Labute approximate surface area is 127 Å². The van der Waals surface area contributed by atoms with Crippen molar-refractivity contribution in [3.05, 3.63) is 23.8 Å². The Kier molecular flexibility index (Phi) is 5.18. The van der Waals surface area contributed by atoms with Crippen molar-refractivity contribution in [3.63, 3.8) is 0 Å². The van der Waals surface area contributed by atoms with Crippen molar-refractivity contribution in [2.24, 2.45) is 5.92 Å². The van der Waals surface area contributed by atoms with Gasteiger partial charge >= 0.3 is 12.6 Å². The summed E-state index contributed by atoms with van der Waals surface area (Å²) >= 11 is 0. The van der Waals surface area contributed by atoms with Gasteiger partial charge in [0.25, 0.3) is 0 Å². The Morgan fingerprint density at radius 3 is 2.86 bits per heavy atom. The van der Waals surface area contributed by atoms with Gasteiger partial charge in [0.1, 0.15) is 5.75 Å². The number of β-amino-alcohol motifs (C(OH)–C–C–N with tert-alkyl or cyclic N) is 1. The van der Waals surface area contributed by atoms with E-state index in [1.165, 1.54) is 11.0 Å². The van der Waals surface area contributed by atoms with Crippen molar-refractivity contribution in [2.75, 3.05) is 18.4 Å². The summed E-state index contributed by atoms with van der Waals surface area (Å²) < 4.78 is 29.0. The van der Waals surface area contributed by atoms with Crippen LogP contribution in [0, 0.1) is 12.8 Å². The lowest BCUT2D eigenvalue weighted by atomic mass is 9.96. The van der Waals surface area contributed by atoms with E-state index in [2.05, 4.69) is 10.1 Å². The van der Waals surface area contributed by atoms with Crippen LogP contribution in [0.4, 0.5) is 19.3 Å². The van der Waals surface area contributed by atoms with Gasteiger partial charge in [-0.25, -0.2) is 4.79 Å². The largest absolute Gasteiger partial charge is 0.434 e. The minimum Gasteiger partial charge on any atom is -0.434 e. The van der Waals surface area contributed by atoms with Crippen molar-refractivity contribution in [2.45, 2.75) is 33.0 Å². The third-order valence-electron chi connectivity index (χ3n) is 3.86. The summed E-state index contributed by atoms with van der Waals surface area (Å²) in [6.45, 7) is 1.48. The predicted octanol–water partition coefficient (Wildman–Crippen LogP) is 2.83. The quantitative estimate of drug-likeness (QED) is 0.902. The van der Waals surface area contributed by atoms with Crippen molar-refractivity contribution in [1.82, 2.24) is 4.90 Å². The number of urea groups is 1. The molecule has 2 unspecified atom stereocenters. The van der Waals surface area contributed by atoms with E-state index in [1.54, 1.807) is 19.1 Å². The van der Waals surface area contributed by atoms with Crippen molar-refractivity contribution in [1.29, 1.82) is 0 Å². The van der Waals surface area contributed by atoms with Crippen molar-refractivity contribution in [3.8, 4) is 5.75 Å². The second-order valence-electron chi connectivity index (χ2n) is 5.57. The van der Waals surface area contributed by atoms with Gasteiger partial charge in [0.05, 0.1) is 6.10 Å². The van der Waals surface area contributed by atoms with Crippen molar-refractivity contribution < 1.29 is 23.4 Å². The molecule has 7 heteroatoms. The fourth-order valence-corrected chi connectivity index (χ4v) is 2.34. The minimum atomic E-state index is -2.91. The standard InChI is InChI=1S/C15H20F2N2O3/c1-9-5-6-19(8-12(9)20)15(21)18-11-4-3-10(2)13(7-11)22-14(16)17/h3-4,7,9,12,14,20H,5-6,8H2,1-2H3,(H,18,21). The number of rotatable bonds is 3. The van der Waals surface area contributed by atoms with E-state index in [0.29, 0.717) is 17.8 Å². The predicted molar refractivity (Wildman–Crippen MR) is 78.2 cm³/mol. The molecule has 1 saturated heterocycles. The minimum absolute atomic E-state index is 0.0279. The fraction of sp³-hybridized carbons (Fsp3) is 0.533. The highest BCUT2D eigenvalue weighted by molar-refractivity contribution is 5.89. The third kappa shape index (κ3) is 4.07. The van der Waals surface area contributed by atoms with Crippen LogP contribution in [0.3, 0.4) is 0 Å². The maximum atomic E-state index is 12.3. The van der Waals surface area contributed by atoms with Gasteiger partial charge in [-0.3, -0.25) is 0 Å². The molecular formula is C15H20F2N2O3. The fourth-order valence-electron chi connectivity index (χ4n) is 2.34. The molecule has 122 valence electrons. The van der Waals surface area contributed by atoms with Gasteiger partial charge < -0.3 is 20.1 Å². The number of hydrogen-bond acceptors (Lipinski definition) is 3. The molecule has 1 aromatic carbocycles. The van der Waals surface area contributed by atoms with E-state index in [4.69, 9.17) is 0 Å². The first kappa shape index (κ1) is 16.5. The zero-order valence-corrected chi connectivity index (χ0v) is 12.6. The van der Waals surface area contributed by atoms with Gasteiger partial charge in [0, 0.05) is 24.8 Å².